The van der Waals surface area contributed by atoms with Gasteiger partial charge in [-0.1, -0.05) is 18.2 Å². The van der Waals surface area contributed by atoms with Gasteiger partial charge in [-0.2, -0.15) is 0 Å². The number of nitro benzene ring substituents is 1. The second kappa shape index (κ2) is 6.44. The minimum Gasteiger partial charge on any atom is -0.394 e. The van der Waals surface area contributed by atoms with E-state index in [1.165, 1.54) is 6.07 Å². The molecule has 108 valence electrons. The molecule has 7 heteroatoms. The number of ether oxygens (including phenoxy) is 1. The van der Waals surface area contributed by atoms with Crippen LogP contribution in [0, 0.1) is 10.1 Å². The van der Waals surface area contributed by atoms with Crippen LogP contribution in [0.5, 0.6) is 0 Å². The maximum absolute atomic E-state index is 12.2. The second-order valence-corrected chi connectivity index (χ2v) is 4.58. The van der Waals surface area contributed by atoms with Crippen LogP contribution in [0.15, 0.2) is 24.3 Å². The van der Waals surface area contributed by atoms with Crippen LogP contribution >= 0.6 is 0 Å². The molecule has 0 aliphatic carbocycles. The fraction of sp³-hybridized carbons (Fsp3) is 0.462. The normalized spacial score (nSPS) is 18.9. The molecule has 20 heavy (non-hydrogen) atoms. The summed E-state index contributed by atoms with van der Waals surface area (Å²) in [4.78, 5) is 24.2. The molecule has 1 N–H and O–H groups in total. The Hall–Kier alpha value is -1.99. The Morgan fingerprint density at radius 2 is 2.25 bits per heavy atom. The molecule has 1 fully saturated rings. The maximum atomic E-state index is 12.2. The van der Waals surface area contributed by atoms with E-state index in [0.717, 1.165) is 0 Å². The van der Waals surface area contributed by atoms with Gasteiger partial charge in [0.2, 0.25) is 5.91 Å². The molecule has 1 saturated heterocycles. The van der Waals surface area contributed by atoms with Crippen molar-refractivity contribution in [1.82, 2.24) is 4.90 Å². The van der Waals surface area contributed by atoms with Crippen molar-refractivity contribution in [3.05, 3.63) is 39.9 Å². The lowest BCUT2D eigenvalue weighted by Gasteiger charge is -2.32. The highest BCUT2D eigenvalue weighted by molar-refractivity contribution is 5.80. The molecular weight excluding hydrogens is 264 g/mol. The van der Waals surface area contributed by atoms with Crippen molar-refractivity contribution in [2.45, 2.75) is 12.5 Å². The van der Waals surface area contributed by atoms with Crippen molar-refractivity contribution in [3.63, 3.8) is 0 Å². The summed E-state index contributed by atoms with van der Waals surface area (Å²) in [6.45, 7) is 0.981. The maximum Gasteiger partial charge on any atom is 0.273 e. The van der Waals surface area contributed by atoms with Crippen LogP contribution < -0.4 is 0 Å². The molecule has 1 amide bonds. The fourth-order valence-corrected chi connectivity index (χ4v) is 2.17. The number of carbonyl (C=O) groups is 1. The molecule has 1 aromatic carbocycles. The molecule has 1 atom stereocenters. The van der Waals surface area contributed by atoms with Gasteiger partial charge in [-0.05, 0) is 0 Å². The first-order valence-corrected chi connectivity index (χ1v) is 6.34. The molecule has 0 aromatic heterocycles. The van der Waals surface area contributed by atoms with Crippen molar-refractivity contribution in [1.29, 1.82) is 0 Å². The molecule has 7 nitrogen and oxygen atoms in total. The van der Waals surface area contributed by atoms with E-state index in [-0.39, 0.29) is 30.7 Å². The molecule has 1 aromatic rings. The van der Waals surface area contributed by atoms with Crippen molar-refractivity contribution in [2.24, 2.45) is 0 Å². The van der Waals surface area contributed by atoms with Gasteiger partial charge in [-0.3, -0.25) is 14.9 Å². The highest BCUT2D eigenvalue weighted by Crippen LogP contribution is 2.19. The highest BCUT2D eigenvalue weighted by atomic mass is 16.6. The van der Waals surface area contributed by atoms with E-state index >= 15 is 0 Å². The Morgan fingerprint density at radius 3 is 2.95 bits per heavy atom. The molecule has 1 unspecified atom stereocenters. The number of amides is 1. The number of para-hydroxylation sites is 1. The first-order valence-electron chi connectivity index (χ1n) is 6.34. The Bertz CT molecular complexity index is 505. The predicted octanol–water partition coefficient (Wildman–Crippen LogP) is 0.357. The molecule has 0 saturated carbocycles. The first-order chi connectivity index (χ1) is 9.61. The van der Waals surface area contributed by atoms with Gasteiger partial charge >= 0.3 is 0 Å². The topological polar surface area (TPSA) is 92.9 Å². The van der Waals surface area contributed by atoms with Gasteiger partial charge in [-0.25, -0.2) is 0 Å². The fourth-order valence-electron chi connectivity index (χ4n) is 2.17. The quantitative estimate of drug-likeness (QED) is 0.635. The van der Waals surface area contributed by atoms with Gasteiger partial charge in [0.05, 0.1) is 30.7 Å². The summed E-state index contributed by atoms with van der Waals surface area (Å²) in [7, 11) is 0. The SMILES string of the molecule is O=C(Cc1ccccc1[N+](=O)[O-])N1CCOC(CO)C1. The molecule has 0 radical (unpaired) electrons. The molecule has 0 spiro atoms. The zero-order valence-corrected chi connectivity index (χ0v) is 10.9. The number of hydrogen-bond acceptors (Lipinski definition) is 5. The summed E-state index contributed by atoms with van der Waals surface area (Å²) in [5.41, 5.74) is 0.349. The Morgan fingerprint density at radius 1 is 1.50 bits per heavy atom. The predicted molar refractivity (Wildman–Crippen MR) is 70.2 cm³/mol. The number of benzene rings is 1. The van der Waals surface area contributed by atoms with Crippen LogP contribution in [0.3, 0.4) is 0 Å². The Balaban J connectivity index is 2.06. The Labute approximate surface area is 115 Å². The van der Waals surface area contributed by atoms with Crippen LogP contribution in [0.4, 0.5) is 5.69 Å². The summed E-state index contributed by atoms with van der Waals surface area (Å²) in [6.07, 6.45) is -0.395. The van der Waals surface area contributed by atoms with Gasteiger partial charge in [0, 0.05) is 24.7 Å². The lowest BCUT2D eigenvalue weighted by Crippen LogP contribution is -2.47. The molecule has 2 rings (SSSR count). The van der Waals surface area contributed by atoms with E-state index in [9.17, 15) is 14.9 Å². The summed E-state index contributed by atoms with van der Waals surface area (Å²) in [5, 5.41) is 20.0. The number of carbonyl (C=O) groups excluding carboxylic acids is 1. The minimum atomic E-state index is -0.488. The Kier molecular flexibility index (Phi) is 4.65. The number of nitrogens with zero attached hydrogens (tertiary/aromatic N) is 2. The number of rotatable bonds is 4. The average Bonchev–Trinajstić information content (AvgIpc) is 2.47. The molecular formula is C13H16N2O5. The van der Waals surface area contributed by atoms with Gasteiger partial charge in [-0.15, -0.1) is 0 Å². The summed E-state index contributed by atoms with van der Waals surface area (Å²) < 4.78 is 5.27. The molecule has 1 aliphatic rings. The first kappa shape index (κ1) is 14.4. The minimum absolute atomic E-state index is 0.0185. The van der Waals surface area contributed by atoms with Gasteiger partial charge in [0.15, 0.2) is 0 Å². The van der Waals surface area contributed by atoms with Crippen molar-refractivity contribution in [2.75, 3.05) is 26.3 Å². The number of nitro groups is 1. The summed E-state index contributed by atoms with van der Waals surface area (Å²) >= 11 is 0. The number of aliphatic hydroxyl groups excluding tert-OH is 1. The number of morpholine rings is 1. The van der Waals surface area contributed by atoms with Crippen LogP contribution in [-0.4, -0.2) is 53.2 Å². The van der Waals surface area contributed by atoms with Crippen LogP contribution in [0.1, 0.15) is 5.56 Å². The van der Waals surface area contributed by atoms with Crippen LogP contribution in [-0.2, 0) is 16.0 Å². The van der Waals surface area contributed by atoms with Crippen molar-refractivity contribution in [3.8, 4) is 0 Å². The van der Waals surface area contributed by atoms with E-state index < -0.39 is 4.92 Å². The molecule has 1 heterocycles. The zero-order valence-electron chi connectivity index (χ0n) is 10.9. The molecule has 0 bridgehead atoms. The van der Waals surface area contributed by atoms with Crippen LogP contribution in [0.25, 0.3) is 0 Å². The van der Waals surface area contributed by atoms with Gasteiger partial charge in [0.1, 0.15) is 0 Å². The molecule has 1 aliphatic heterocycles. The zero-order chi connectivity index (χ0) is 14.5. The van der Waals surface area contributed by atoms with Crippen molar-refractivity contribution >= 4 is 11.6 Å². The lowest BCUT2D eigenvalue weighted by atomic mass is 10.1. The number of hydrogen-bond donors (Lipinski definition) is 1. The standard InChI is InChI=1S/C13H16N2O5/c16-9-11-8-14(5-6-20-11)13(17)7-10-3-1-2-4-12(10)15(18)19/h1-4,11,16H,5-9H2. The second-order valence-electron chi connectivity index (χ2n) is 4.58. The van der Waals surface area contributed by atoms with Crippen LogP contribution in [0.2, 0.25) is 0 Å². The van der Waals surface area contributed by atoms with Crippen molar-refractivity contribution < 1.29 is 19.6 Å². The average molecular weight is 280 g/mol. The summed E-state index contributed by atoms with van der Waals surface area (Å²) in [5.74, 6) is -0.193. The lowest BCUT2D eigenvalue weighted by molar-refractivity contribution is -0.385. The van der Waals surface area contributed by atoms with E-state index in [4.69, 9.17) is 9.84 Å². The van der Waals surface area contributed by atoms with E-state index in [1.807, 2.05) is 0 Å². The van der Waals surface area contributed by atoms with Gasteiger partial charge in [0.25, 0.3) is 5.69 Å². The largest absolute Gasteiger partial charge is 0.394 e. The highest BCUT2D eigenvalue weighted by Gasteiger charge is 2.25. The van der Waals surface area contributed by atoms with E-state index in [2.05, 4.69) is 0 Å². The van der Waals surface area contributed by atoms with E-state index in [0.29, 0.717) is 25.3 Å². The number of aliphatic hydroxyl groups is 1. The summed E-state index contributed by atoms with van der Waals surface area (Å²) in [6, 6.07) is 6.21. The third kappa shape index (κ3) is 3.31. The van der Waals surface area contributed by atoms with Gasteiger partial charge < -0.3 is 14.7 Å². The third-order valence-corrected chi connectivity index (χ3v) is 3.23. The van der Waals surface area contributed by atoms with E-state index in [1.54, 1.807) is 23.1 Å². The third-order valence-electron chi connectivity index (χ3n) is 3.23. The monoisotopic (exact) mass is 280 g/mol. The smallest absolute Gasteiger partial charge is 0.273 e.